The Balaban J connectivity index is 0.00000280. The maximum absolute atomic E-state index is 5.77. The number of hydrogen-bond donors (Lipinski definition) is 2. The number of rotatable bonds is 5. The zero-order chi connectivity index (χ0) is 19.1. The normalized spacial score (nSPS) is 18.0. The second-order valence-electron chi connectivity index (χ2n) is 7.52. The van der Waals surface area contributed by atoms with Crippen LogP contribution in [0.3, 0.4) is 0 Å². The number of ether oxygens (including phenoxy) is 3. The van der Waals surface area contributed by atoms with Gasteiger partial charge in [-0.1, -0.05) is 6.07 Å². The van der Waals surface area contributed by atoms with Crippen molar-refractivity contribution in [2.75, 3.05) is 53.1 Å². The van der Waals surface area contributed by atoms with E-state index in [1.165, 1.54) is 0 Å². The van der Waals surface area contributed by atoms with Crippen molar-refractivity contribution in [3.63, 3.8) is 0 Å². The molecule has 0 bridgehead atoms. The van der Waals surface area contributed by atoms with E-state index in [9.17, 15) is 0 Å². The van der Waals surface area contributed by atoms with Crippen molar-refractivity contribution in [3.8, 4) is 11.5 Å². The molecule has 0 spiro atoms. The second kappa shape index (κ2) is 11.1. The molecule has 8 heteroatoms. The summed E-state index contributed by atoms with van der Waals surface area (Å²) < 4.78 is 16.9. The highest BCUT2D eigenvalue weighted by atomic mass is 127. The van der Waals surface area contributed by atoms with Gasteiger partial charge in [0.05, 0.1) is 26.4 Å². The lowest BCUT2D eigenvalue weighted by Gasteiger charge is -2.41. The molecule has 28 heavy (non-hydrogen) atoms. The number of halogens is 1. The summed E-state index contributed by atoms with van der Waals surface area (Å²) in [5.74, 6) is 2.44. The molecule has 0 aliphatic carbocycles. The molecule has 0 saturated carbocycles. The highest BCUT2D eigenvalue weighted by Crippen LogP contribution is 2.30. The van der Waals surface area contributed by atoms with Gasteiger partial charge in [0.2, 0.25) is 0 Å². The molecule has 7 nitrogen and oxygen atoms in total. The molecule has 1 aromatic rings. The minimum Gasteiger partial charge on any atom is -0.490 e. The fraction of sp³-hybridized carbons (Fsp3) is 0.650. The van der Waals surface area contributed by atoms with Crippen LogP contribution in [0, 0.1) is 0 Å². The quantitative estimate of drug-likeness (QED) is 0.365. The number of morpholine rings is 1. The fourth-order valence-electron chi connectivity index (χ4n) is 3.30. The van der Waals surface area contributed by atoms with E-state index in [1.54, 1.807) is 7.05 Å². The number of benzene rings is 1. The van der Waals surface area contributed by atoms with Crippen LogP contribution in [0.1, 0.15) is 25.8 Å². The first-order valence-electron chi connectivity index (χ1n) is 9.74. The molecule has 2 aliphatic rings. The Morgan fingerprint density at radius 3 is 2.50 bits per heavy atom. The molecular formula is C20H33IN4O3. The van der Waals surface area contributed by atoms with Gasteiger partial charge < -0.3 is 24.8 Å². The van der Waals surface area contributed by atoms with Crippen molar-refractivity contribution < 1.29 is 14.2 Å². The summed E-state index contributed by atoms with van der Waals surface area (Å²) in [6.45, 7) is 11.0. The first kappa shape index (κ1) is 23.0. The van der Waals surface area contributed by atoms with Crippen LogP contribution < -0.4 is 20.1 Å². The van der Waals surface area contributed by atoms with Crippen molar-refractivity contribution >= 4 is 29.9 Å². The molecule has 1 fully saturated rings. The molecule has 2 heterocycles. The van der Waals surface area contributed by atoms with E-state index in [2.05, 4.69) is 40.4 Å². The van der Waals surface area contributed by atoms with Crippen LogP contribution in [0.2, 0.25) is 0 Å². The molecule has 0 aromatic heterocycles. The van der Waals surface area contributed by atoms with Crippen LogP contribution in [0.5, 0.6) is 11.5 Å². The number of aliphatic imine (C=N–C) groups is 1. The standard InChI is InChI=1S/C20H32N4O3.HI/c1-20(2,24-7-11-25-12-8-24)15-23-19(21-3)22-14-16-5-6-17-18(13-16)27-10-4-9-26-17;/h5-6,13H,4,7-12,14-15H2,1-3H3,(H2,21,22,23);1H. The van der Waals surface area contributed by atoms with Gasteiger partial charge in [0.15, 0.2) is 17.5 Å². The highest BCUT2D eigenvalue weighted by molar-refractivity contribution is 14.0. The van der Waals surface area contributed by atoms with Crippen LogP contribution >= 0.6 is 24.0 Å². The highest BCUT2D eigenvalue weighted by Gasteiger charge is 2.28. The zero-order valence-electron chi connectivity index (χ0n) is 17.1. The monoisotopic (exact) mass is 504 g/mol. The van der Waals surface area contributed by atoms with E-state index in [0.717, 1.165) is 62.3 Å². The predicted octanol–water partition coefficient (Wildman–Crippen LogP) is 2.24. The van der Waals surface area contributed by atoms with Gasteiger partial charge in [-0.3, -0.25) is 9.89 Å². The Morgan fingerprint density at radius 2 is 1.79 bits per heavy atom. The predicted molar refractivity (Wildman–Crippen MR) is 122 cm³/mol. The maximum atomic E-state index is 5.77. The Bertz CT molecular complexity index is 648. The van der Waals surface area contributed by atoms with Crippen LogP contribution in [-0.4, -0.2) is 69.5 Å². The first-order valence-corrected chi connectivity index (χ1v) is 9.74. The van der Waals surface area contributed by atoms with E-state index in [1.807, 2.05) is 12.1 Å². The van der Waals surface area contributed by atoms with Gasteiger partial charge in [0.1, 0.15) is 0 Å². The molecule has 0 atom stereocenters. The number of nitrogens with one attached hydrogen (secondary N) is 2. The maximum Gasteiger partial charge on any atom is 0.191 e. The lowest BCUT2D eigenvalue weighted by Crippen LogP contribution is -2.56. The summed E-state index contributed by atoms with van der Waals surface area (Å²) in [6, 6.07) is 6.08. The average Bonchev–Trinajstić information content (AvgIpc) is 2.93. The average molecular weight is 504 g/mol. The van der Waals surface area contributed by atoms with Gasteiger partial charge in [-0.25, -0.2) is 0 Å². The van der Waals surface area contributed by atoms with Gasteiger partial charge in [0.25, 0.3) is 0 Å². The van der Waals surface area contributed by atoms with Gasteiger partial charge >= 0.3 is 0 Å². The SMILES string of the molecule is CN=C(NCc1ccc2c(c1)OCCCO2)NCC(C)(C)N1CCOCC1.I. The Kier molecular flexibility index (Phi) is 9.10. The summed E-state index contributed by atoms with van der Waals surface area (Å²) in [4.78, 5) is 6.81. The minimum atomic E-state index is 0. The third kappa shape index (κ3) is 6.38. The third-order valence-electron chi connectivity index (χ3n) is 5.05. The lowest BCUT2D eigenvalue weighted by atomic mass is 10.0. The Labute approximate surface area is 185 Å². The van der Waals surface area contributed by atoms with Crippen LogP contribution in [0.4, 0.5) is 0 Å². The first-order chi connectivity index (χ1) is 13.1. The van der Waals surface area contributed by atoms with E-state index in [0.29, 0.717) is 19.8 Å². The van der Waals surface area contributed by atoms with E-state index >= 15 is 0 Å². The molecule has 1 saturated heterocycles. The molecule has 0 unspecified atom stereocenters. The largest absolute Gasteiger partial charge is 0.490 e. The van der Waals surface area contributed by atoms with Crippen molar-refractivity contribution in [3.05, 3.63) is 23.8 Å². The molecule has 0 radical (unpaired) electrons. The van der Waals surface area contributed by atoms with E-state index in [4.69, 9.17) is 14.2 Å². The van der Waals surface area contributed by atoms with E-state index in [-0.39, 0.29) is 29.5 Å². The van der Waals surface area contributed by atoms with Gasteiger partial charge in [-0.2, -0.15) is 0 Å². The number of nitrogens with zero attached hydrogens (tertiary/aromatic N) is 2. The Hall–Kier alpha value is -1.26. The van der Waals surface area contributed by atoms with Crippen molar-refractivity contribution in [1.82, 2.24) is 15.5 Å². The van der Waals surface area contributed by atoms with Crippen LogP contribution in [-0.2, 0) is 11.3 Å². The fourth-order valence-corrected chi connectivity index (χ4v) is 3.30. The molecule has 158 valence electrons. The summed E-state index contributed by atoms with van der Waals surface area (Å²) in [7, 11) is 1.80. The summed E-state index contributed by atoms with van der Waals surface area (Å²) in [6.07, 6.45) is 0.914. The minimum absolute atomic E-state index is 0. The van der Waals surface area contributed by atoms with Crippen LogP contribution in [0.15, 0.2) is 23.2 Å². The summed E-state index contributed by atoms with van der Waals surface area (Å²) >= 11 is 0. The van der Waals surface area contributed by atoms with E-state index < -0.39 is 0 Å². The lowest BCUT2D eigenvalue weighted by molar-refractivity contribution is -0.00834. The van der Waals surface area contributed by atoms with Gasteiger partial charge in [0, 0.05) is 45.2 Å². The molecular weight excluding hydrogens is 471 g/mol. The van der Waals surface area contributed by atoms with Crippen LogP contribution in [0.25, 0.3) is 0 Å². The molecule has 1 aromatic carbocycles. The molecule has 0 amide bonds. The van der Waals surface area contributed by atoms with Gasteiger partial charge in [-0.05, 0) is 31.5 Å². The summed E-state index contributed by atoms with van der Waals surface area (Å²) in [5.41, 5.74) is 1.17. The van der Waals surface area contributed by atoms with Gasteiger partial charge in [-0.15, -0.1) is 24.0 Å². The number of guanidine groups is 1. The van der Waals surface area contributed by atoms with Crippen molar-refractivity contribution in [2.45, 2.75) is 32.4 Å². The Morgan fingerprint density at radius 1 is 1.07 bits per heavy atom. The molecule has 2 N–H and O–H groups in total. The molecule has 2 aliphatic heterocycles. The number of fused-ring (bicyclic) bond motifs is 1. The number of hydrogen-bond acceptors (Lipinski definition) is 5. The third-order valence-corrected chi connectivity index (χ3v) is 5.05. The zero-order valence-corrected chi connectivity index (χ0v) is 19.5. The summed E-state index contributed by atoms with van der Waals surface area (Å²) in [5, 5.41) is 6.83. The second-order valence-corrected chi connectivity index (χ2v) is 7.52. The van der Waals surface area contributed by atoms with Crippen molar-refractivity contribution in [1.29, 1.82) is 0 Å². The topological polar surface area (TPSA) is 67.4 Å². The van der Waals surface area contributed by atoms with Crippen molar-refractivity contribution in [2.24, 2.45) is 4.99 Å². The molecule has 3 rings (SSSR count). The smallest absolute Gasteiger partial charge is 0.191 e.